The van der Waals surface area contributed by atoms with Crippen LogP contribution in [0, 0.1) is 24.2 Å². The molecule has 0 radical (unpaired) electrons. The van der Waals surface area contributed by atoms with Crippen LogP contribution >= 0.6 is 0 Å². The van der Waals surface area contributed by atoms with Gasteiger partial charge in [-0.25, -0.2) is 17.7 Å². The average molecular weight is 497 g/mol. The lowest BCUT2D eigenvalue weighted by molar-refractivity contribution is 0.0719. The third-order valence-electron chi connectivity index (χ3n) is 6.16. The Morgan fingerprint density at radius 1 is 1.19 bits per heavy atom. The molecule has 1 atom stereocenters. The molecule has 186 valence electrons. The molecule has 0 N–H and O–H groups in total. The molecule has 0 aromatic carbocycles. The minimum atomic E-state index is -2.68. The van der Waals surface area contributed by atoms with Crippen LogP contribution < -0.4 is 9.47 Å². The van der Waals surface area contributed by atoms with Crippen molar-refractivity contribution >= 4 is 5.52 Å². The highest BCUT2D eigenvalue weighted by atomic mass is 19.3. The molecule has 0 aliphatic carbocycles. The molecule has 0 fully saturated rings. The molecule has 1 unspecified atom stereocenters. The van der Waals surface area contributed by atoms with Crippen LogP contribution in [0.3, 0.4) is 0 Å². The second-order valence-corrected chi connectivity index (χ2v) is 8.40. The van der Waals surface area contributed by atoms with Gasteiger partial charge in [0, 0.05) is 23.9 Å². The Morgan fingerprint density at radius 2 is 2.03 bits per heavy atom. The molecular formula is C24H22F3N7O2. The van der Waals surface area contributed by atoms with E-state index in [9.17, 15) is 18.4 Å². The lowest BCUT2D eigenvalue weighted by atomic mass is 10.1. The molecule has 0 saturated carbocycles. The Kier molecular flexibility index (Phi) is 6.13. The van der Waals surface area contributed by atoms with Crippen molar-refractivity contribution in [2.45, 2.75) is 39.0 Å². The predicted molar refractivity (Wildman–Crippen MR) is 122 cm³/mol. The van der Waals surface area contributed by atoms with Gasteiger partial charge >= 0.3 is 0 Å². The number of nitrogens with zero attached hydrogens (tertiary/aromatic N) is 7. The molecule has 0 amide bonds. The van der Waals surface area contributed by atoms with Crippen molar-refractivity contribution in [2.75, 3.05) is 13.7 Å². The van der Waals surface area contributed by atoms with E-state index in [1.807, 2.05) is 11.6 Å². The first-order chi connectivity index (χ1) is 17.4. The van der Waals surface area contributed by atoms with Crippen LogP contribution in [-0.2, 0) is 13.1 Å². The second-order valence-electron chi connectivity index (χ2n) is 8.40. The van der Waals surface area contributed by atoms with Crippen LogP contribution in [0.15, 0.2) is 36.8 Å². The largest absolute Gasteiger partial charge is 0.493 e. The molecule has 5 heterocycles. The van der Waals surface area contributed by atoms with Crippen LogP contribution in [0.1, 0.15) is 29.5 Å². The van der Waals surface area contributed by atoms with E-state index < -0.39 is 24.8 Å². The number of hydrogen-bond acceptors (Lipinski definition) is 7. The highest BCUT2D eigenvalue weighted by Crippen LogP contribution is 2.38. The van der Waals surface area contributed by atoms with Gasteiger partial charge in [0.2, 0.25) is 6.43 Å². The summed E-state index contributed by atoms with van der Waals surface area (Å²) in [4.78, 5) is 5.62. The van der Waals surface area contributed by atoms with E-state index in [0.29, 0.717) is 42.2 Å². The highest BCUT2D eigenvalue weighted by molar-refractivity contribution is 5.75. The Labute approximate surface area is 204 Å². The maximum absolute atomic E-state index is 13.5. The van der Waals surface area contributed by atoms with E-state index in [0.717, 1.165) is 23.5 Å². The minimum absolute atomic E-state index is 0.170. The summed E-state index contributed by atoms with van der Waals surface area (Å²) >= 11 is 0. The molecule has 36 heavy (non-hydrogen) atoms. The Balaban J connectivity index is 1.61. The maximum atomic E-state index is 13.5. The van der Waals surface area contributed by atoms with Gasteiger partial charge in [0.25, 0.3) is 0 Å². The third-order valence-corrected chi connectivity index (χ3v) is 6.16. The zero-order valence-corrected chi connectivity index (χ0v) is 19.5. The first-order valence-corrected chi connectivity index (χ1v) is 11.2. The number of rotatable bonds is 7. The fourth-order valence-electron chi connectivity index (χ4n) is 4.35. The van der Waals surface area contributed by atoms with E-state index in [-0.39, 0.29) is 11.4 Å². The summed E-state index contributed by atoms with van der Waals surface area (Å²) in [5.41, 5.74) is 3.74. The van der Waals surface area contributed by atoms with E-state index in [4.69, 9.17) is 14.6 Å². The van der Waals surface area contributed by atoms with Gasteiger partial charge in [-0.15, -0.1) is 0 Å². The van der Waals surface area contributed by atoms with Crippen LogP contribution in [0.2, 0.25) is 0 Å². The smallest absolute Gasteiger partial charge is 0.242 e. The number of alkyl halides is 2. The molecule has 0 saturated heterocycles. The molecule has 1 aliphatic heterocycles. The summed E-state index contributed by atoms with van der Waals surface area (Å²) in [6.45, 7) is 3.50. The fourth-order valence-corrected chi connectivity index (χ4v) is 4.35. The topological polar surface area (TPSA) is 93.5 Å². The number of halogens is 3. The zero-order chi connectivity index (χ0) is 25.4. The summed E-state index contributed by atoms with van der Waals surface area (Å²) < 4.78 is 55.3. The van der Waals surface area contributed by atoms with E-state index in [2.05, 4.69) is 16.3 Å². The Morgan fingerprint density at radius 3 is 2.72 bits per heavy atom. The first kappa shape index (κ1) is 23.5. The van der Waals surface area contributed by atoms with Crippen LogP contribution in [0.5, 0.6) is 11.5 Å². The summed E-state index contributed by atoms with van der Waals surface area (Å²) in [5, 5.41) is 18.4. The monoisotopic (exact) mass is 497 g/mol. The van der Waals surface area contributed by atoms with Crippen molar-refractivity contribution in [3.05, 3.63) is 59.6 Å². The summed E-state index contributed by atoms with van der Waals surface area (Å²) in [6.07, 6.45) is 1.92. The lowest BCUT2D eigenvalue weighted by Crippen LogP contribution is -2.30. The molecule has 4 aromatic rings. The SMILES string of the molecule is COc1cnn2cc(-c3nn4c(c3C)CN(C#N)CC4)cc(OC(CC(F)F)c3ccc(F)cn3)c12. The Hall–Kier alpha value is -4.27. The molecule has 0 bridgehead atoms. The van der Waals surface area contributed by atoms with Crippen LogP contribution in [0.4, 0.5) is 13.2 Å². The van der Waals surface area contributed by atoms with Crippen molar-refractivity contribution in [2.24, 2.45) is 0 Å². The van der Waals surface area contributed by atoms with Gasteiger partial charge in [0.15, 0.2) is 23.2 Å². The lowest BCUT2D eigenvalue weighted by Gasteiger charge is -2.22. The zero-order valence-electron chi connectivity index (χ0n) is 19.5. The molecule has 5 rings (SSSR count). The van der Waals surface area contributed by atoms with Gasteiger partial charge in [-0.05, 0) is 25.1 Å². The molecular weight excluding hydrogens is 475 g/mol. The predicted octanol–water partition coefficient (Wildman–Crippen LogP) is 4.12. The Bertz CT molecular complexity index is 1440. The number of fused-ring (bicyclic) bond motifs is 2. The molecule has 12 heteroatoms. The number of aromatic nitrogens is 5. The van der Waals surface area contributed by atoms with Gasteiger partial charge < -0.3 is 14.4 Å². The normalized spacial score (nSPS) is 14.1. The third kappa shape index (κ3) is 4.28. The van der Waals surface area contributed by atoms with Crippen LogP contribution in [0.25, 0.3) is 16.8 Å². The molecule has 9 nitrogen and oxygen atoms in total. The minimum Gasteiger partial charge on any atom is -0.493 e. The standard InChI is InChI=1S/C24H22F3N7O2/c1-14-18-12-32(13-28)5-6-33(18)31-23(14)15-7-20(24-21(35-2)10-30-34(24)11-15)36-19(8-22(26)27)17-4-3-16(25)9-29-17/h3-4,7,9-11,19,22H,5-6,8,12H2,1-2H3. The van der Waals surface area contributed by atoms with E-state index >= 15 is 0 Å². The summed E-state index contributed by atoms with van der Waals surface area (Å²) in [6, 6.07) is 4.18. The number of methoxy groups -OCH3 is 1. The van der Waals surface area contributed by atoms with Crippen molar-refractivity contribution in [3.63, 3.8) is 0 Å². The summed E-state index contributed by atoms with van der Waals surface area (Å²) in [5.74, 6) is 0.0539. The number of ether oxygens (including phenoxy) is 2. The maximum Gasteiger partial charge on any atom is 0.242 e. The quantitative estimate of drug-likeness (QED) is 0.355. The fraction of sp³-hybridized carbons (Fsp3) is 0.333. The van der Waals surface area contributed by atoms with Crippen molar-refractivity contribution in [3.8, 4) is 28.9 Å². The van der Waals surface area contributed by atoms with E-state index in [1.165, 1.54) is 19.4 Å². The number of hydrogen-bond donors (Lipinski definition) is 0. The van der Waals surface area contributed by atoms with Gasteiger partial charge in [-0.1, -0.05) is 0 Å². The van der Waals surface area contributed by atoms with Gasteiger partial charge in [-0.3, -0.25) is 9.67 Å². The van der Waals surface area contributed by atoms with Crippen LogP contribution in [-0.4, -0.2) is 49.4 Å². The van der Waals surface area contributed by atoms with Crippen molar-refractivity contribution < 1.29 is 22.6 Å². The number of nitriles is 1. The number of pyridine rings is 2. The summed E-state index contributed by atoms with van der Waals surface area (Å²) in [7, 11) is 1.47. The van der Waals surface area contributed by atoms with Gasteiger partial charge in [0.1, 0.15) is 11.9 Å². The van der Waals surface area contributed by atoms with E-state index in [1.54, 1.807) is 21.7 Å². The average Bonchev–Trinajstić information content (AvgIpc) is 3.44. The first-order valence-electron chi connectivity index (χ1n) is 11.2. The second kappa shape index (κ2) is 9.41. The van der Waals surface area contributed by atoms with Gasteiger partial charge in [0.05, 0.1) is 56.1 Å². The highest BCUT2D eigenvalue weighted by Gasteiger charge is 2.26. The molecule has 1 aliphatic rings. The molecule has 0 spiro atoms. The van der Waals surface area contributed by atoms with Gasteiger partial charge in [-0.2, -0.15) is 15.5 Å². The van der Waals surface area contributed by atoms with Crippen molar-refractivity contribution in [1.82, 2.24) is 29.3 Å². The van der Waals surface area contributed by atoms with Crippen molar-refractivity contribution in [1.29, 1.82) is 5.26 Å². The molecule has 4 aromatic heterocycles.